The number of nitrogens with zero attached hydrogens (tertiary/aromatic N) is 2. The maximum atomic E-state index is 14.1. The molecule has 1 aliphatic rings. The van der Waals surface area contributed by atoms with Crippen molar-refractivity contribution in [1.29, 1.82) is 0 Å². The van der Waals surface area contributed by atoms with Gasteiger partial charge in [0.05, 0.1) is 16.9 Å². The minimum absolute atomic E-state index is 0.0755. The number of rotatable bonds is 5. The number of aromatic nitrogens is 2. The molecule has 180 valence electrons. The van der Waals surface area contributed by atoms with Crippen LogP contribution >= 0.6 is 0 Å². The molecule has 5 nitrogen and oxygen atoms in total. The van der Waals surface area contributed by atoms with Gasteiger partial charge in [0, 0.05) is 0 Å². The van der Waals surface area contributed by atoms with E-state index in [0.29, 0.717) is 22.8 Å². The Labute approximate surface area is 203 Å². The zero-order chi connectivity index (χ0) is 24.5. The average Bonchev–Trinajstić information content (AvgIpc) is 2.80. The Morgan fingerprint density at radius 3 is 1.79 bits per heavy atom. The van der Waals surface area contributed by atoms with Crippen molar-refractivity contribution in [3.05, 3.63) is 87.1 Å². The van der Waals surface area contributed by atoms with Crippen LogP contribution < -0.4 is 15.7 Å². The van der Waals surface area contributed by atoms with Crippen LogP contribution in [0, 0.1) is 0 Å². The van der Waals surface area contributed by atoms with E-state index in [4.69, 9.17) is 4.43 Å². The molecule has 0 amide bonds. The lowest BCUT2D eigenvalue weighted by molar-refractivity contribution is 0.403. The molecule has 1 heterocycles. The lowest BCUT2D eigenvalue weighted by atomic mass is 9.85. The van der Waals surface area contributed by atoms with E-state index in [2.05, 4.69) is 33.9 Å². The number of para-hydroxylation sites is 2. The molecule has 3 aromatic rings. The van der Waals surface area contributed by atoms with Crippen LogP contribution in [0.3, 0.4) is 0 Å². The van der Waals surface area contributed by atoms with Crippen molar-refractivity contribution in [2.24, 2.45) is 0 Å². The summed E-state index contributed by atoms with van der Waals surface area (Å²) < 4.78 is 9.84. The Morgan fingerprint density at radius 2 is 1.29 bits per heavy atom. The van der Waals surface area contributed by atoms with Gasteiger partial charge in [-0.2, -0.15) is 0 Å². The van der Waals surface area contributed by atoms with Crippen molar-refractivity contribution in [1.82, 2.24) is 9.13 Å². The Morgan fingerprint density at radius 1 is 0.794 bits per heavy atom. The zero-order valence-corrected chi connectivity index (χ0v) is 22.0. The molecule has 0 spiro atoms. The SMILES string of the molecule is CC(C)(C)[Si](C)(C)Oc1c(C2CCCCC2)c(=O)n(-c2ccccc2)c(=O)n1-c1ccccc1. The third-order valence-corrected chi connectivity index (χ3v) is 11.8. The highest BCUT2D eigenvalue weighted by molar-refractivity contribution is 6.74. The normalized spacial score (nSPS) is 15.3. The van der Waals surface area contributed by atoms with Gasteiger partial charge in [-0.25, -0.2) is 13.9 Å². The van der Waals surface area contributed by atoms with Crippen molar-refractivity contribution in [3.63, 3.8) is 0 Å². The van der Waals surface area contributed by atoms with E-state index in [1.165, 1.54) is 11.0 Å². The Hall–Kier alpha value is -2.86. The summed E-state index contributed by atoms with van der Waals surface area (Å²) in [4.78, 5) is 28.2. The molecule has 1 aromatic heterocycles. The van der Waals surface area contributed by atoms with Crippen LogP contribution in [0.15, 0.2) is 70.3 Å². The fraction of sp³-hybridized carbons (Fsp3) is 0.429. The first kappa shape index (κ1) is 24.3. The van der Waals surface area contributed by atoms with E-state index in [1.54, 1.807) is 4.57 Å². The molecule has 2 aromatic carbocycles. The fourth-order valence-corrected chi connectivity index (χ4v) is 5.44. The molecule has 0 atom stereocenters. The van der Waals surface area contributed by atoms with E-state index in [9.17, 15) is 9.59 Å². The van der Waals surface area contributed by atoms with Crippen molar-refractivity contribution in [3.8, 4) is 17.3 Å². The van der Waals surface area contributed by atoms with E-state index in [-0.39, 0.29) is 16.5 Å². The van der Waals surface area contributed by atoms with E-state index < -0.39 is 14.0 Å². The molecule has 0 unspecified atom stereocenters. The monoisotopic (exact) mass is 476 g/mol. The smallest absolute Gasteiger partial charge is 0.343 e. The van der Waals surface area contributed by atoms with Crippen LogP contribution in [-0.4, -0.2) is 17.5 Å². The largest absolute Gasteiger partial charge is 0.531 e. The van der Waals surface area contributed by atoms with Crippen LogP contribution in [0.4, 0.5) is 0 Å². The summed E-state index contributed by atoms with van der Waals surface area (Å²) in [5.41, 5.74) is 1.30. The molecule has 0 bridgehead atoms. The summed E-state index contributed by atoms with van der Waals surface area (Å²) in [5, 5.41) is -0.0807. The molecule has 0 saturated heterocycles. The summed E-state index contributed by atoms with van der Waals surface area (Å²) in [6, 6.07) is 18.8. The highest BCUT2D eigenvalue weighted by Gasteiger charge is 2.41. The first-order valence-electron chi connectivity index (χ1n) is 12.3. The molecule has 0 N–H and O–H groups in total. The van der Waals surface area contributed by atoms with Gasteiger partial charge in [-0.3, -0.25) is 4.79 Å². The summed E-state index contributed by atoms with van der Waals surface area (Å²) in [5.74, 6) is 0.526. The molecule has 6 heteroatoms. The van der Waals surface area contributed by atoms with Crippen molar-refractivity contribution < 1.29 is 4.43 Å². The summed E-state index contributed by atoms with van der Waals surface area (Å²) >= 11 is 0. The van der Waals surface area contributed by atoms with E-state index in [1.807, 2.05) is 60.7 Å². The average molecular weight is 477 g/mol. The maximum absolute atomic E-state index is 14.1. The minimum Gasteiger partial charge on any atom is -0.531 e. The second kappa shape index (κ2) is 9.41. The van der Waals surface area contributed by atoms with Crippen LogP contribution in [-0.2, 0) is 0 Å². The van der Waals surface area contributed by atoms with Crippen molar-refractivity contribution in [2.75, 3.05) is 0 Å². The number of benzene rings is 2. The van der Waals surface area contributed by atoms with Gasteiger partial charge >= 0.3 is 5.69 Å². The fourth-order valence-electron chi connectivity index (χ4n) is 4.45. The lowest BCUT2D eigenvalue weighted by Gasteiger charge is -2.38. The third kappa shape index (κ3) is 4.56. The molecular weight excluding hydrogens is 440 g/mol. The van der Waals surface area contributed by atoms with Crippen LogP contribution in [0.5, 0.6) is 5.88 Å². The first-order chi connectivity index (χ1) is 16.1. The third-order valence-electron chi connectivity index (χ3n) is 7.45. The highest BCUT2D eigenvalue weighted by Crippen LogP contribution is 2.41. The first-order valence-corrected chi connectivity index (χ1v) is 15.2. The number of hydrogen-bond donors (Lipinski definition) is 0. The quantitative estimate of drug-likeness (QED) is 0.399. The minimum atomic E-state index is -2.36. The van der Waals surface area contributed by atoms with Crippen molar-refractivity contribution >= 4 is 8.32 Å². The molecule has 1 fully saturated rings. The van der Waals surface area contributed by atoms with Crippen LogP contribution in [0.25, 0.3) is 11.4 Å². The van der Waals surface area contributed by atoms with Gasteiger partial charge in [-0.05, 0) is 61.2 Å². The molecule has 34 heavy (non-hydrogen) atoms. The zero-order valence-electron chi connectivity index (χ0n) is 21.0. The maximum Gasteiger partial charge on any atom is 0.343 e. The summed E-state index contributed by atoms with van der Waals surface area (Å²) in [6.45, 7) is 10.9. The number of hydrogen-bond acceptors (Lipinski definition) is 3. The van der Waals surface area contributed by atoms with Crippen LogP contribution in [0.1, 0.15) is 64.4 Å². The standard InChI is InChI=1S/C28H36N2O3Si/c1-28(2,3)34(4,5)33-26-24(21-15-9-6-10-16-21)25(31)29(22-17-11-7-12-18-22)27(32)30(26)23-19-13-8-14-20-23/h7-8,11-14,17-21H,6,9-10,15-16H2,1-5H3. The Bertz CT molecular complexity index is 1250. The predicted molar refractivity (Wildman–Crippen MR) is 141 cm³/mol. The molecule has 0 radical (unpaired) electrons. The predicted octanol–water partition coefficient (Wildman–Crippen LogP) is 6.42. The van der Waals surface area contributed by atoms with Gasteiger partial charge in [-0.15, -0.1) is 0 Å². The lowest BCUT2D eigenvalue weighted by Crippen LogP contribution is -2.48. The molecular formula is C28H36N2O3Si. The highest BCUT2D eigenvalue weighted by atomic mass is 28.4. The van der Waals surface area contributed by atoms with Gasteiger partial charge in [0.2, 0.25) is 0 Å². The summed E-state index contributed by atoms with van der Waals surface area (Å²) in [6.07, 6.45) is 5.22. The Balaban J connectivity index is 2.11. The van der Waals surface area contributed by atoms with Crippen LogP contribution in [0.2, 0.25) is 18.1 Å². The summed E-state index contributed by atoms with van der Waals surface area (Å²) in [7, 11) is -2.36. The van der Waals surface area contributed by atoms with Gasteiger partial charge in [0.15, 0.2) is 5.88 Å². The van der Waals surface area contributed by atoms with Gasteiger partial charge < -0.3 is 4.43 Å². The molecule has 4 rings (SSSR count). The topological polar surface area (TPSA) is 53.2 Å². The van der Waals surface area contributed by atoms with Gasteiger partial charge in [-0.1, -0.05) is 76.4 Å². The van der Waals surface area contributed by atoms with Gasteiger partial charge in [0.25, 0.3) is 13.9 Å². The molecule has 1 aliphatic carbocycles. The van der Waals surface area contributed by atoms with Gasteiger partial charge in [0.1, 0.15) is 0 Å². The van der Waals surface area contributed by atoms with Crippen molar-refractivity contribution in [2.45, 2.75) is 76.9 Å². The van der Waals surface area contributed by atoms with E-state index >= 15 is 0 Å². The second-order valence-corrected chi connectivity index (χ2v) is 15.6. The van der Waals surface area contributed by atoms with E-state index in [0.717, 1.165) is 25.7 Å². The Kier molecular flexibility index (Phi) is 6.72. The molecule has 0 aliphatic heterocycles. The second-order valence-electron chi connectivity index (χ2n) is 10.8. The molecule has 1 saturated carbocycles.